The summed E-state index contributed by atoms with van der Waals surface area (Å²) in [6.45, 7) is 4.93. The van der Waals surface area contributed by atoms with Gasteiger partial charge < -0.3 is 15.0 Å². The molecule has 0 heterocycles. The zero-order chi connectivity index (χ0) is 15.3. The highest BCUT2D eigenvalue weighted by atomic mass is 79.9. The van der Waals surface area contributed by atoms with Gasteiger partial charge in [-0.05, 0) is 54.1 Å². The fourth-order valence-corrected chi connectivity index (χ4v) is 2.65. The van der Waals surface area contributed by atoms with Crippen LogP contribution in [0, 0.1) is 5.92 Å². The van der Waals surface area contributed by atoms with E-state index in [1.54, 1.807) is 25.3 Å². The minimum absolute atomic E-state index is 0.0768. The van der Waals surface area contributed by atoms with Gasteiger partial charge in [0.15, 0.2) is 0 Å². The zero-order valence-corrected chi connectivity index (χ0v) is 14.3. The Morgan fingerprint density at radius 3 is 2.50 bits per heavy atom. The van der Waals surface area contributed by atoms with Gasteiger partial charge in [-0.15, -0.1) is 0 Å². The van der Waals surface area contributed by atoms with Gasteiger partial charge >= 0.3 is 0 Å². The van der Waals surface area contributed by atoms with E-state index in [2.05, 4.69) is 40.0 Å². The van der Waals surface area contributed by atoms with Crippen molar-refractivity contribution < 1.29 is 9.53 Å². The van der Waals surface area contributed by atoms with Gasteiger partial charge in [-0.25, -0.2) is 0 Å². The summed E-state index contributed by atoms with van der Waals surface area (Å²) in [6.07, 6.45) is 0. The SMILES string of the molecule is COc1ccc(C(=O)NCC(C(C)C)N(C)C)c(Br)c1. The molecule has 1 atom stereocenters. The van der Waals surface area contributed by atoms with Crippen molar-refractivity contribution >= 4 is 21.8 Å². The first-order valence-electron chi connectivity index (χ1n) is 6.65. The van der Waals surface area contributed by atoms with Crippen molar-refractivity contribution in [2.75, 3.05) is 27.7 Å². The average molecular weight is 343 g/mol. The largest absolute Gasteiger partial charge is 0.497 e. The fraction of sp³-hybridized carbons (Fsp3) is 0.533. The lowest BCUT2D eigenvalue weighted by Crippen LogP contribution is -2.43. The lowest BCUT2D eigenvalue weighted by Gasteiger charge is -2.28. The number of halogens is 1. The second-order valence-corrected chi connectivity index (χ2v) is 6.19. The third-order valence-corrected chi connectivity index (χ3v) is 3.98. The first-order chi connectivity index (χ1) is 9.36. The second-order valence-electron chi connectivity index (χ2n) is 5.33. The molecule has 1 unspecified atom stereocenters. The maximum absolute atomic E-state index is 12.2. The van der Waals surface area contributed by atoms with Crippen molar-refractivity contribution in [3.63, 3.8) is 0 Å². The molecule has 1 amide bonds. The van der Waals surface area contributed by atoms with Crippen molar-refractivity contribution in [1.29, 1.82) is 0 Å². The molecule has 1 rings (SSSR count). The van der Waals surface area contributed by atoms with Crippen LogP contribution in [0.25, 0.3) is 0 Å². The summed E-state index contributed by atoms with van der Waals surface area (Å²) >= 11 is 3.40. The van der Waals surface area contributed by atoms with E-state index in [9.17, 15) is 4.79 Å². The number of nitrogens with zero attached hydrogens (tertiary/aromatic N) is 1. The molecule has 0 radical (unpaired) electrons. The molecule has 0 bridgehead atoms. The third kappa shape index (κ3) is 4.49. The van der Waals surface area contributed by atoms with Gasteiger partial charge in [-0.1, -0.05) is 13.8 Å². The molecule has 20 heavy (non-hydrogen) atoms. The van der Waals surface area contributed by atoms with Crippen LogP contribution in [-0.4, -0.2) is 44.6 Å². The van der Waals surface area contributed by atoms with Crippen molar-refractivity contribution in [2.45, 2.75) is 19.9 Å². The van der Waals surface area contributed by atoms with Crippen LogP contribution in [0.15, 0.2) is 22.7 Å². The normalized spacial score (nSPS) is 12.6. The third-order valence-electron chi connectivity index (χ3n) is 3.33. The van der Waals surface area contributed by atoms with E-state index in [1.165, 1.54) is 0 Å². The highest BCUT2D eigenvalue weighted by Gasteiger charge is 2.18. The van der Waals surface area contributed by atoms with Crippen LogP contribution in [0.4, 0.5) is 0 Å². The molecule has 0 aliphatic heterocycles. The van der Waals surface area contributed by atoms with Gasteiger partial charge in [0.2, 0.25) is 0 Å². The Kier molecular flexibility index (Phi) is 6.49. The summed E-state index contributed by atoms with van der Waals surface area (Å²) in [5.41, 5.74) is 0.618. The molecule has 0 aliphatic rings. The van der Waals surface area contributed by atoms with Gasteiger partial charge in [-0.3, -0.25) is 4.79 Å². The minimum Gasteiger partial charge on any atom is -0.497 e. The van der Waals surface area contributed by atoms with Crippen LogP contribution < -0.4 is 10.1 Å². The van der Waals surface area contributed by atoms with Crippen molar-refractivity contribution in [3.8, 4) is 5.75 Å². The predicted octanol–water partition coefficient (Wildman–Crippen LogP) is 2.77. The molecule has 5 heteroatoms. The summed E-state index contributed by atoms with van der Waals surface area (Å²) in [5, 5.41) is 2.99. The van der Waals surface area contributed by atoms with E-state index >= 15 is 0 Å². The number of carbonyl (C=O) groups excluding carboxylic acids is 1. The van der Waals surface area contributed by atoms with Crippen LogP contribution in [0.5, 0.6) is 5.75 Å². The van der Waals surface area contributed by atoms with Crippen LogP contribution in [0.2, 0.25) is 0 Å². The number of amides is 1. The Labute approximate surface area is 129 Å². The van der Waals surface area contributed by atoms with E-state index < -0.39 is 0 Å². The van der Waals surface area contributed by atoms with Crippen molar-refractivity contribution in [2.24, 2.45) is 5.92 Å². The molecule has 0 spiro atoms. The monoisotopic (exact) mass is 342 g/mol. The van der Waals surface area contributed by atoms with E-state index in [-0.39, 0.29) is 5.91 Å². The number of hydrogen-bond donors (Lipinski definition) is 1. The average Bonchev–Trinajstić information content (AvgIpc) is 2.37. The molecule has 4 nitrogen and oxygen atoms in total. The minimum atomic E-state index is -0.0768. The van der Waals surface area contributed by atoms with E-state index in [4.69, 9.17) is 4.74 Å². The summed E-state index contributed by atoms with van der Waals surface area (Å²) in [6, 6.07) is 5.65. The topological polar surface area (TPSA) is 41.6 Å². The Morgan fingerprint density at radius 2 is 2.05 bits per heavy atom. The number of hydrogen-bond acceptors (Lipinski definition) is 3. The standard InChI is InChI=1S/C15H23BrN2O2/c1-10(2)14(18(3)4)9-17-15(19)12-7-6-11(20-5)8-13(12)16/h6-8,10,14H,9H2,1-5H3,(H,17,19). The number of nitrogens with one attached hydrogen (secondary N) is 1. The molecule has 1 aromatic rings. The first kappa shape index (κ1) is 17.0. The first-order valence-corrected chi connectivity index (χ1v) is 7.44. The van der Waals surface area contributed by atoms with E-state index in [1.807, 2.05) is 14.1 Å². The smallest absolute Gasteiger partial charge is 0.252 e. The lowest BCUT2D eigenvalue weighted by atomic mass is 10.0. The van der Waals surface area contributed by atoms with E-state index in [0.717, 1.165) is 10.2 Å². The van der Waals surface area contributed by atoms with Gasteiger partial charge in [0.25, 0.3) is 5.91 Å². The Balaban J connectivity index is 2.72. The Hall–Kier alpha value is -1.07. The highest BCUT2D eigenvalue weighted by Crippen LogP contribution is 2.22. The van der Waals surface area contributed by atoms with Crippen LogP contribution >= 0.6 is 15.9 Å². The van der Waals surface area contributed by atoms with E-state index in [0.29, 0.717) is 24.1 Å². The van der Waals surface area contributed by atoms with Crippen LogP contribution in [0.1, 0.15) is 24.2 Å². The molecular formula is C15H23BrN2O2. The van der Waals surface area contributed by atoms with Crippen LogP contribution in [-0.2, 0) is 0 Å². The summed E-state index contributed by atoms with van der Waals surface area (Å²) in [7, 11) is 5.66. The molecule has 0 saturated carbocycles. The van der Waals surface area contributed by atoms with Crippen LogP contribution in [0.3, 0.4) is 0 Å². The fourth-order valence-electron chi connectivity index (χ4n) is 2.11. The molecule has 1 N–H and O–H groups in total. The van der Waals surface area contributed by atoms with Gasteiger partial charge in [0, 0.05) is 17.1 Å². The molecule has 0 aliphatic carbocycles. The number of carbonyl (C=O) groups is 1. The van der Waals surface area contributed by atoms with Crippen molar-refractivity contribution in [1.82, 2.24) is 10.2 Å². The molecular weight excluding hydrogens is 320 g/mol. The van der Waals surface area contributed by atoms with Gasteiger partial charge in [-0.2, -0.15) is 0 Å². The molecule has 1 aromatic carbocycles. The second kappa shape index (κ2) is 7.64. The maximum atomic E-state index is 12.2. The number of methoxy groups -OCH3 is 1. The molecule has 0 saturated heterocycles. The predicted molar refractivity (Wildman–Crippen MR) is 85.3 cm³/mol. The number of rotatable bonds is 6. The summed E-state index contributed by atoms with van der Waals surface area (Å²) in [4.78, 5) is 14.3. The Morgan fingerprint density at radius 1 is 1.40 bits per heavy atom. The number of ether oxygens (including phenoxy) is 1. The zero-order valence-electron chi connectivity index (χ0n) is 12.7. The van der Waals surface area contributed by atoms with Gasteiger partial charge in [0.05, 0.1) is 12.7 Å². The molecule has 112 valence electrons. The number of likely N-dealkylation sites (N-methyl/N-ethyl adjacent to an activating group) is 1. The Bertz CT molecular complexity index is 453. The summed E-state index contributed by atoms with van der Waals surface area (Å²) in [5.74, 6) is 1.12. The van der Waals surface area contributed by atoms with Crippen molar-refractivity contribution in [3.05, 3.63) is 28.2 Å². The quantitative estimate of drug-likeness (QED) is 0.864. The number of benzene rings is 1. The molecule has 0 aromatic heterocycles. The van der Waals surface area contributed by atoms with Gasteiger partial charge in [0.1, 0.15) is 5.75 Å². The summed E-state index contributed by atoms with van der Waals surface area (Å²) < 4.78 is 5.86. The maximum Gasteiger partial charge on any atom is 0.252 e. The molecule has 0 fully saturated rings. The highest BCUT2D eigenvalue weighted by molar-refractivity contribution is 9.10. The lowest BCUT2D eigenvalue weighted by molar-refractivity contribution is 0.0934.